The van der Waals surface area contributed by atoms with E-state index in [4.69, 9.17) is 5.11 Å². The zero-order valence-electron chi connectivity index (χ0n) is 8.16. The SMILES string of the molecule is CC(C)NC(=O)NC(=O)CCC(=O)O. The summed E-state index contributed by atoms with van der Waals surface area (Å²) in [6, 6.07) is -0.669. The van der Waals surface area contributed by atoms with Crippen molar-refractivity contribution < 1.29 is 19.5 Å². The summed E-state index contributed by atoms with van der Waals surface area (Å²) in [5.74, 6) is -1.66. The summed E-state index contributed by atoms with van der Waals surface area (Å²) in [5, 5.41) is 12.7. The van der Waals surface area contributed by atoms with E-state index >= 15 is 0 Å². The number of urea groups is 1. The van der Waals surface area contributed by atoms with E-state index in [-0.39, 0.29) is 18.9 Å². The number of hydrogen-bond donors (Lipinski definition) is 3. The van der Waals surface area contributed by atoms with Gasteiger partial charge in [-0.15, -0.1) is 0 Å². The monoisotopic (exact) mass is 202 g/mol. The molecule has 0 radical (unpaired) electrons. The lowest BCUT2D eigenvalue weighted by Crippen LogP contribution is -2.42. The number of nitrogens with one attached hydrogen (secondary N) is 2. The molecule has 14 heavy (non-hydrogen) atoms. The maximum absolute atomic E-state index is 10.9. The van der Waals surface area contributed by atoms with Crippen molar-refractivity contribution >= 4 is 17.9 Å². The van der Waals surface area contributed by atoms with E-state index in [1.54, 1.807) is 13.8 Å². The zero-order valence-corrected chi connectivity index (χ0v) is 8.16. The first-order chi connectivity index (χ1) is 6.41. The molecule has 0 fully saturated rings. The Balaban J connectivity index is 3.72. The third-order valence-corrected chi connectivity index (χ3v) is 1.24. The lowest BCUT2D eigenvalue weighted by atomic mass is 10.3. The van der Waals surface area contributed by atoms with E-state index in [9.17, 15) is 14.4 Å². The van der Waals surface area contributed by atoms with Gasteiger partial charge in [0.2, 0.25) is 5.91 Å². The molecule has 0 aliphatic rings. The average Bonchev–Trinajstić information content (AvgIpc) is 1.98. The van der Waals surface area contributed by atoms with Gasteiger partial charge in [0.15, 0.2) is 0 Å². The van der Waals surface area contributed by atoms with E-state index in [2.05, 4.69) is 5.32 Å². The van der Waals surface area contributed by atoms with E-state index in [0.717, 1.165) is 0 Å². The number of rotatable bonds is 4. The van der Waals surface area contributed by atoms with Crippen LogP contribution in [0, 0.1) is 0 Å². The number of carbonyl (C=O) groups is 3. The fourth-order valence-electron chi connectivity index (χ4n) is 0.708. The molecule has 3 amide bonds. The Morgan fingerprint density at radius 2 is 1.79 bits per heavy atom. The Bertz CT molecular complexity index is 237. The van der Waals surface area contributed by atoms with Gasteiger partial charge in [-0.3, -0.25) is 14.9 Å². The lowest BCUT2D eigenvalue weighted by Gasteiger charge is -2.08. The molecule has 0 aliphatic heterocycles. The molecule has 0 saturated heterocycles. The lowest BCUT2D eigenvalue weighted by molar-refractivity contribution is -0.138. The molecule has 3 N–H and O–H groups in total. The molecule has 0 aromatic rings. The third kappa shape index (κ3) is 7.08. The Kier molecular flexibility index (Phi) is 5.28. The maximum atomic E-state index is 10.9. The second-order valence-corrected chi connectivity index (χ2v) is 3.07. The van der Waals surface area contributed by atoms with Gasteiger partial charge >= 0.3 is 12.0 Å². The topological polar surface area (TPSA) is 95.5 Å². The molecule has 6 heteroatoms. The van der Waals surface area contributed by atoms with Crippen LogP contribution in [0.25, 0.3) is 0 Å². The number of carbonyl (C=O) groups excluding carboxylic acids is 2. The van der Waals surface area contributed by atoms with Crippen molar-refractivity contribution in [1.82, 2.24) is 10.6 Å². The van der Waals surface area contributed by atoms with Crippen molar-refractivity contribution in [2.45, 2.75) is 32.7 Å². The number of aliphatic carboxylic acids is 1. The van der Waals surface area contributed by atoms with Crippen LogP contribution in [0.2, 0.25) is 0 Å². The molecule has 0 aromatic heterocycles. The molecule has 0 spiro atoms. The van der Waals surface area contributed by atoms with Crippen LogP contribution < -0.4 is 10.6 Å². The molecule has 0 rings (SSSR count). The Labute approximate surface area is 81.7 Å². The standard InChI is InChI=1S/C8H14N2O4/c1-5(2)9-8(14)10-6(11)3-4-7(12)13/h5H,3-4H2,1-2H3,(H,12,13)(H2,9,10,11,14). The van der Waals surface area contributed by atoms with Gasteiger partial charge in [0, 0.05) is 12.5 Å². The van der Waals surface area contributed by atoms with Gasteiger partial charge in [-0.05, 0) is 13.8 Å². The average molecular weight is 202 g/mol. The number of imide groups is 1. The van der Waals surface area contributed by atoms with Crippen molar-refractivity contribution in [3.8, 4) is 0 Å². The van der Waals surface area contributed by atoms with Gasteiger partial charge in [0.05, 0.1) is 6.42 Å². The van der Waals surface area contributed by atoms with Crippen LogP contribution in [0.4, 0.5) is 4.79 Å². The van der Waals surface area contributed by atoms with E-state index in [1.807, 2.05) is 5.32 Å². The summed E-state index contributed by atoms with van der Waals surface area (Å²) >= 11 is 0. The van der Waals surface area contributed by atoms with Gasteiger partial charge in [-0.1, -0.05) is 0 Å². The van der Waals surface area contributed by atoms with E-state index in [1.165, 1.54) is 0 Å². The summed E-state index contributed by atoms with van der Waals surface area (Å²) in [6.07, 6.45) is -0.471. The maximum Gasteiger partial charge on any atom is 0.321 e. The summed E-state index contributed by atoms with van der Waals surface area (Å²) in [7, 11) is 0. The Morgan fingerprint density at radius 1 is 1.21 bits per heavy atom. The molecule has 0 aliphatic carbocycles. The Morgan fingerprint density at radius 3 is 2.21 bits per heavy atom. The number of carboxylic acids is 1. The van der Waals surface area contributed by atoms with Crippen LogP contribution in [-0.4, -0.2) is 29.1 Å². The highest BCUT2D eigenvalue weighted by Crippen LogP contribution is 1.88. The normalized spacial score (nSPS) is 9.64. The van der Waals surface area contributed by atoms with Crippen LogP contribution in [0.3, 0.4) is 0 Å². The second-order valence-electron chi connectivity index (χ2n) is 3.07. The second kappa shape index (κ2) is 5.95. The predicted molar refractivity (Wildman–Crippen MR) is 48.7 cm³/mol. The van der Waals surface area contributed by atoms with Crippen LogP contribution >= 0.6 is 0 Å². The van der Waals surface area contributed by atoms with Crippen molar-refractivity contribution in [3.05, 3.63) is 0 Å². The van der Waals surface area contributed by atoms with Gasteiger partial charge in [0.25, 0.3) is 0 Å². The molecule has 0 heterocycles. The molecular weight excluding hydrogens is 188 g/mol. The first-order valence-electron chi connectivity index (χ1n) is 4.24. The molecule has 0 unspecified atom stereocenters. The predicted octanol–water partition coefficient (Wildman–Crippen LogP) is 0.0854. The van der Waals surface area contributed by atoms with Gasteiger partial charge in [0.1, 0.15) is 0 Å². The quantitative estimate of drug-likeness (QED) is 0.601. The fourth-order valence-corrected chi connectivity index (χ4v) is 0.708. The zero-order chi connectivity index (χ0) is 11.1. The van der Waals surface area contributed by atoms with Crippen LogP contribution in [-0.2, 0) is 9.59 Å². The van der Waals surface area contributed by atoms with Crippen LogP contribution in [0.5, 0.6) is 0 Å². The van der Waals surface area contributed by atoms with Crippen molar-refractivity contribution in [1.29, 1.82) is 0 Å². The smallest absolute Gasteiger partial charge is 0.321 e. The van der Waals surface area contributed by atoms with Gasteiger partial charge in [-0.2, -0.15) is 0 Å². The highest BCUT2D eigenvalue weighted by molar-refractivity contribution is 5.95. The molecule has 0 bridgehead atoms. The summed E-state index contributed by atoms with van der Waals surface area (Å²) in [4.78, 5) is 31.9. The number of hydrogen-bond acceptors (Lipinski definition) is 3. The van der Waals surface area contributed by atoms with E-state index < -0.39 is 17.9 Å². The van der Waals surface area contributed by atoms with Crippen molar-refractivity contribution in [2.75, 3.05) is 0 Å². The molecular formula is C8H14N2O4. The minimum absolute atomic E-state index is 0.0673. The van der Waals surface area contributed by atoms with Crippen molar-refractivity contribution in [2.24, 2.45) is 0 Å². The number of amides is 3. The molecule has 6 nitrogen and oxygen atoms in total. The largest absolute Gasteiger partial charge is 0.481 e. The Hall–Kier alpha value is -1.59. The molecule has 0 aromatic carbocycles. The first-order valence-corrected chi connectivity index (χ1v) is 4.24. The van der Waals surface area contributed by atoms with Gasteiger partial charge < -0.3 is 10.4 Å². The summed E-state index contributed by atoms with van der Waals surface area (Å²) in [5.41, 5.74) is 0. The van der Waals surface area contributed by atoms with Crippen molar-refractivity contribution in [3.63, 3.8) is 0 Å². The highest BCUT2D eigenvalue weighted by Gasteiger charge is 2.09. The van der Waals surface area contributed by atoms with Crippen LogP contribution in [0.15, 0.2) is 0 Å². The van der Waals surface area contributed by atoms with Crippen LogP contribution in [0.1, 0.15) is 26.7 Å². The fraction of sp³-hybridized carbons (Fsp3) is 0.625. The summed E-state index contributed by atoms with van der Waals surface area (Å²) in [6.45, 7) is 3.50. The molecule has 80 valence electrons. The minimum atomic E-state index is -1.07. The molecule has 0 saturated carbocycles. The summed E-state index contributed by atoms with van der Waals surface area (Å²) < 4.78 is 0. The number of carboxylic acid groups (broad SMARTS) is 1. The van der Waals surface area contributed by atoms with Gasteiger partial charge in [-0.25, -0.2) is 4.79 Å². The first kappa shape index (κ1) is 12.4. The third-order valence-electron chi connectivity index (χ3n) is 1.24. The minimum Gasteiger partial charge on any atom is -0.481 e. The highest BCUT2D eigenvalue weighted by atomic mass is 16.4. The molecule has 0 atom stereocenters. The van der Waals surface area contributed by atoms with E-state index in [0.29, 0.717) is 0 Å².